The van der Waals surface area contributed by atoms with Crippen LogP contribution in [0.2, 0.25) is 18.1 Å². The molecule has 7 nitrogen and oxygen atoms in total. The lowest BCUT2D eigenvalue weighted by Crippen LogP contribution is -2.45. The molecule has 0 heterocycles. The van der Waals surface area contributed by atoms with E-state index in [2.05, 4.69) is 38.7 Å². The molecule has 1 atom stereocenters. The van der Waals surface area contributed by atoms with Crippen molar-refractivity contribution in [3.05, 3.63) is 21.9 Å². The summed E-state index contributed by atoms with van der Waals surface area (Å²) in [6, 6.07) is 0. The molecule has 0 aliphatic heterocycles. The van der Waals surface area contributed by atoms with Crippen molar-refractivity contribution in [1.82, 2.24) is 0 Å². The molecular formula is C19H35NO6Si. The van der Waals surface area contributed by atoms with Gasteiger partial charge in [0.2, 0.25) is 8.32 Å². The standard InChI is InChI=1S/C19H35NO6Si/c1-7-24-17(21)19(14-11-15-25-20(22)23)13-10-8-9-12-16(19)26-27(5,6)18(2,3)4/h12H,7-11,13-15H2,1-6H3. The molecule has 0 fully saturated rings. The van der Waals surface area contributed by atoms with Crippen molar-refractivity contribution in [3.8, 4) is 0 Å². The Labute approximate surface area is 163 Å². The van der Waals surface area contributed by atoms with Gasteiger partial charge >= 0.3 is 5.97 Å². The minimum atomic E-state index is -2.15. The normalized spacial score (nSPS) is 21.0. The van der Waals surface area contributed by atoms with Crippen LogP contribution in [-0.4, -0.2) is 32.6 Å². The second-order valence-electron chi connectivity index (χ2n) is 8.64. The second kappa shape index (κ2) is 9.57. The summed E-state index contributed by atoms with van der Waals surface area (Å²) in [5.41, 5.74) is -0.887. The molecule has 0 aromatic heterocycles. The van der Waals surface area contributed by atoms with Crippen molar-refractivity contribution in [2.75, 3.05) is 13.2 Å². The monoisotopic (exact) mass is 401 g/mol. The van der Waals surface area contributed by atoms with Crippen LogP contribution in [0.15, 0.2) is 11.8 Å². The Kier molecular flexibility index (Phi) is 8.32. The summed E-state index contributed by atoms with van der Waals surface area (Å²) in [6.45, 7) is 12.8. The van der Waals surface area contributed by atoms with E-state index in [1.165, 1.54) is 0 Å². The van der Waals surface area contributed by atoms with Crippen LogP contribution in [-0.2, 0) is 18.8 Å². The highest BCUT2D eigenvalue weighted by Crippen LogP contribution is 2.47. The molecule has 0 amide bonds. The lowest BCUT2D eigenvalue weighted by atomic mass is 9.77. The Morgan fingerprint density at radius 2 is 2.00 bits per heavy atom. The van der Waals surface area contributed by atoms with E-state index >= 15 is 0 Å². The van der Waals surface area contributed by atoms with Gasteiger partial charge in [0.1, 0.15) is 5.41 Å². The molecule has 0 saturated heterocycles. The van der Waals surface area contributed by atoms with Gasteiger partial charge in [0.15, 0.2) is 0 Å². The molecule has 1 unspecified atom stereocenters. The number of carbonyl (C=O) groups is 1. The van der Waals surface area contributed by atoms with Gasteiger partial charge in [-0.25, -0.2) is 0 Å². The highest BCUT2D eigenvalue weighted by Gasteiger charge is 2.49. The van der Waals surface area contributed by atoms with Crippen molar-refractivity contribution in [1.29, 1.82) is 0 Å². The Morgan fingerprint density at radius 3 is 2.56 bits per heavy atom. The van der Waals surface area contributed by atoms with Gasteiger partial charge in [-0.15, -0.1) is 10.1 Å². The van der Waals surface area contributed by atoms with Crippen LogP contribution >= 0.6 is 0 Å². The molecule has 0 aromatic carbocycles. The van der Waals surface area contributed by atoms with Crippen molar-refractivity contribution < 1.29 is 23.9 Å². The molecule has 1 aliphatic carbocycles. The molecule has 0 radical (unpaired) electrons. The number of hydrogen-bond acceptors (Lipinski definition) is 6. The molecule has 0 bridgehead atoms. The number of allylic oxidation sites excluding steroid dienone is 1. The molecule has 156 valence electrons. The smallest absolute Gasteiger partial charge is 0.319 e. The van der Waals surface area contributed by atoms with Gasteiger partial charge < -0.3 is 14.0 Å². The maximum atomic E-state index is 13.0. The average Bonchev–Trinajstić information content (AvgIpc) is 2.73. The van der Waals surface area contributed by atoms with Crippen molar-refractivity contribution in [2.24, 2.45) is 5.41 Å². The highest BCUT2D eigenvalue weighted by atomic mass is 28.4. The van der Waals surface area contributed by atoms with Gasteiger partial charge in [-0.1, -0.05) is 27.2 Å². The molecule has 8 heteroatoms. The summed E-state index contributed by atoms with van der Waals surface area (Å²) in [6.07, 6.45) is 6.20. The first kappa shape index (κ1) is 23.5. The first-order valence-corrected chi connectivity index (χ1v) is 12.7. The van der Waals surface area contributed by atoms with E-state index in [9.17, 15) is 14.9 Å². The summed E-state index contributed by atoms with van der Waals surface area (Å²) in [5.74, 6) is 0.407. The molecule has 0 N–H and O–H groups in total. The third-order valence-corrected chi connectivity index (χ3v) is 9.98. The number of ether oxygens (including phenoxy) is 1. The molecule has 27 heavy (non-hydrogen) atoms. The van der Waals surface area contributed by atoms with Crippen molar-refractivity contribution in [3.63, 3.8) is 0 Å². The van der Waals surface area contributed by atoms with Gasteiger partial charge in [-0.3, -0.25) is 4.79 Å². The number of hydrogen-bond donors (Lipinski definition) is 0. The van der Waals surface area contributed by atoms with Gasteiger partial charge in [0.05, 0.1) is 19.0 Å². The third kappa shape index (κ3) is 6.22. The van der Waals surface area contributed by atoms with Crippen LogP contribution in [0, 0.1) is 15.5 Å². The zero-order valence-corrected chi connectivity index (χ0v) is 18.6. The maximum Gasteiger partial charge on any atom is 0.319 e. The average molecular weight is 402 g/mol. The maximum absolute atomic E-state index is 13.0. The molecule has 0 saturated carbocycles. The van der Waals surface area contributed by atoms with Crippen molar-refractivity contribution in [2.45, 2.75) is 84.4 Å². The molecule has 1 aliphatic rings. The fraction of sp³-hybridized carbons (Fsp3) is 0.842. The van der Waals surface area contributed by atoms with Gasteiger partial charge in [0, 0.05) is 0 Å². The summed E-state index contributed by atoms with van der Waals surface area (Å²) in [7, 11) is -2.15. The van der Waals surface area contributed by atoms with E-state index in [-0.39, 0.29) is 17.6 Å². The van der Waals surface area contributed by atoms with Gasteiger partial charge in [-0.05, 0) is 63.2 Å². The number of rotatable bonds is 9. The Bertz CT molecular complexity index is 555. The first-order valence-electron chi connectivity index (χ1n) is 9.80. The zero-order chi connectivity index (χ0) is 20.7. The summed E-state index contributed by atoms with van der Waals surface area (Å²) in [4.78, 5) is 27.9. The predicted molar refractivity (Wildman–Crippen MR) is 106 cm³/mol. The summed E-state index contributed by atoms with van der Waals surface area (Å²) >= 11 is 0. The van der Waals surface area contributed by atoms with E-state index in [0.717, 1.165) is 19.3 Å². The van der Waals surface area contributed by atoms with Crippen LogP contribution < -0.4 is 0 Å². The fourth-order valence-electron chi connectivity index (χ4n) is 3.03. The largest absolute Gasteiger partial charge is 0.546 e. The minimum Gasteiger partial charge on any atom is -0.546 e. The van der Waals surface area contributed by atoms with Crippen LogP contribution in [0.3, 0.4) is 0 Å². The van der Waals surface area contributed by atoms with E-state index in [4.69, 9.17) is 9.16 Å². The quantitative estimate of drug-likeness (QED) is 0.177. The summed E-state index contributed by atoms with van der Waals surface area (Å²) in [5, 5.41) is 9.64. The van der Waals surface area contributed by atoms with Crippen molar-refractivity contribution >= 4 is 14.3 Å². The molecular weight excluding hydrogens is 366 g/mol. The highest BCUT2D eigenvalue weighted by molar-refractivity contribution is 6.74. The number of carbonyl (C=O) groups excluding carboxylic acids is 1. The lowest BCUT2D eigenvalue weighted by Gasteiger charge is -2.42. The molecule has 0 spiro atoms. The van der Waals surface area contributed by atoms with Crippen LogP contribution in [0.25, 0.3) is 0 Å². The summed E-state index contributed by atoms with van der Waals surface area (Å²) < 4.78 is 12.0. The fourth-order valence-corrected chi connectivity index (χ4v) is 4.16. The van der Waals surface area contributed by atoms with Gasteiger partial charge in [0.25, 0.3) is 5.09 Å². The Balaban J connectivity index is 3.19. The van der Waals surface area contributed by atoms with E-state index in [1.807, 2.05) is 6.08 Å². The van der Waals surface area contributed by atoms with Crippen LogP contribution in [0.4, 0.5) is 0 Å². The molecule has 1 rings (SSSR count). The SMILES string of the molecule is CCOC(=O)C1(CCCO[N+](=O)[O-])CCCCC=C1O[Si](C)(C)C(C)(C)C. The first-order chi connectivity index (χ1) is 12.5. The van der Waals surface area contributed by atoms with Crippen LogP contribution in [0.5, 0.6) is 0 Å². The lowest BCUT2D eigenvalue weighted by molar-refractivity contribution is -0.757. The number of nitrogens with zero attached hydrogens (tertiary/aromatic N) is 1. The second-order valence-corrected chi connectivity index (χ2v) is 13.4. The minimum absolute atomic E-state index is 0.00469. The van der Waals surface area contributed by atoms with E-state index in [1.54, 1.807) is 6.92 Å². The topological polar surface area (TPSA) is 87.9 Å². The van der Waals surface area contributed by atoms with E-state index < -0.39 is 18.8 Å². The molecule has 0 aromatic rings. The Morgan fingerprint density at radius 1 is 1.33 bits per heavy atom. The van der Waals surface area contributed by atoms with Gasteiger partial charge in [-0.2, -0.15) is 0 Å². The zero-order valence-electron chi connectivity index (χ0n) is 17.6. The van der Waals surface area contributed by atoms with Crippen LogP contribution in [0.1, 0.15) is 66.2 Å². The number of esters is 1. The van der Waals surface area contributed by atoms with E-state index in [0.29, 0.717) is 31.6 Å². The third-order valence-electron chi connectivity index (χ3n) is 5.64. The Hall–Kier alpha value is -1.57. The predicted octanol–water partition coefficient (Wildman–Crippen LogP) is 5.00.